The zero-order valence-electron chi connectivity index (χ0n) is 17.8. The van der Waals surface area contributed by atoms with Crippen LogP contribution < -0.4 is 10.6 Å². The second-order valence-corrected chi connectivity index (χ2v) is 8.47. The third-order valence-electron chi connectivity index (χ3n) is 6.16. The van der Waals surface area contributed by atoms with E-state index in [0.29, 0.717) is 26.1 Å². The normalized spacial score (nSPS) is 17.7. The van der Waals surface area contributed by atoms with Gasteiger partial charge in [0.1, 0.15) is 0 Å². The average molecular weight is 401 g/mol. The summed E-state index contributed by atoms with van der Waals surface area (Å²) in [7, 11) is 2.21. The van der Waals surface area contributed by atoms with Crippen molar-refractivity contribution in [2.45, 2.75) is 70.5 Å². The zero-order chi connectivity index (χ0) is 20.5. The lowest BCUT2D eigenvalue weighted by Gasteiger charge is -2.31. The first kappa shape index (κ1) is 21.6. The third kappa shape index (κ3) is 7.03. The van der Waals surface area contributed by atoms with E-state index in [-0.39, 0.29) is 11.9 Å². The molecule has 1 saturated heterocycles. The summed E-state index contributed by atoms with van der Waals surface area (Å²) < 4.78 is 0. The van der Waals surface area contributed by atoms with E-state index in [9.17, 15) is 9.59 Å². The summed E-state index contributed by atoms with van der Waals surface area (Å²) in [5.74, 6) is 0.238. The van der Waals surface area contributed by atoms with E-state index >= 15 is 0 Å². The van der Waals surface area contributed by atoms with Gasteiger partial charge in [-0.2, -0.15) is 0 Å². The molecule has 1 aromatic carbocycles. The molecule has 0 radical (unpaired) electrons. The highest BCUT2D eigenvalue weighted by Crippen LogP contribution is 2.21. The Kier molecular flexibility index (Phi) is 8.35. The molecule has 3 amide bonds. The van der Waals surface area contributed by atoms with Crippen molar-refractivity contribution < 1.29 is 9.59 Å². The summed E-state index contributed by atoms with van der Waals surface area (Å²) in [6.07, 6.45) is 9.31. The molecule has 0 atom stereocenters. The van der Waals surface area contributed by atoms with Gasteiger partial charge in [-0.3, -0.25) is 4.79 Å². The first-order chi connectivity index (χ1) is 14.1. The minimum Gasteiger partial charge on any atom is -0.338 e. The Hall–Kier alpha value is -2.08. The molecular formula is C23H36N4O2. The van der Waals surface area contributed by atoms with Crippen LogP contribution in [0.2, 0.25) is 0 Å². The van der Waals surface area contributed by atoms with Crippen LogP contribution in [0.15, 0.2) is 24.3 Å². The van der Waals surface area contributed by atoms with Gasteiger partial charge in [-0.05, 0) is 50.4 Å². The molecular weight excluding hydrogens is 364 g/mol. The van der Waals surface area contributed by atoms with Crippen LogP contribution in [0.3, 0.4) is 0 Å². The largest absolute Gasteiger partial charge is 0.338 e. The number of rotatable bonds is 9. The second-order valence-electron chi connectivity index (χ2n) is 8.47. The summed E-state index contributed by atoms with van der Waals surface area (Å²) in [4.78, 5) is 28.2. The highest BCUT2D eigenvalue weighted by molar-refractivity contribution is 5.78. The number of hydrogen-bond acceptors (Lipinski definition) is 3. The monoisotopic (exact) mass is 400 g/mol. The standard InChI is InChI=1S/C23H36N4O2/c1-26(21-10-3-2-4-11-21)14-7-13-24-23(29)25-17-19-8-5-9-20(16-19)18-27-15-6-12-22(27)28/h5,8-9,16,21H,2-4,6-7,10-15,17-18H2,1H3,(H2,24,25,29). The molecule has 3 rings (SSSR count). The van der Waals surface area contributed by atoms with Crippen LogP contribution >= 0.6 is 0 Å². The van der Waals surface area contributed by atoms with Crippen molar-refractivity contribution in [2.24, 2.45) is 0 Å². The lowest BCUT2D eigenvalue weighted by molar-refractivity contribution is -0.128. The fourth-order valence-electron chi connectivity index (χ4n) is 4.41. The molecule has 1 saturated carbocycles. The quantitative estimate of drug-likeness (QED) is 0.626. The van der Waals surface area contributed by atoms with Gasteiger partial charge in [0.05, 0.1) is 0 Å². The predicted molar refractivity (Wildman–Crippen MR) is 115 cm³/mol. The molecule has 6 nitrogen and oxygen atoms in total. The first-order valence-corrected chi connectivity index (χ1v) is 11.2. The van der Waals surface area contributed by atoms with Gasteiger partial charge in [-0.1, -0.05) is 43.5 Å². The molecule has 1 aliphatic heterocycles. The summed E-state index contributed by atoms with van der Waals surface area (Å²) in [6, 6.07) is 8.72. The Labute approximate surface area is 175 Å². The SMILES string of the molecule is CN(CCCNC(=O)NCc1cccc(CN2CCCC2=O)c1)C1CCCCC1. The fraction of sp³-hybridized carbons (Fsp3) is 0.652. The summed E-state index contributed by atoms with van der Waals surface area (Å²) in [5, 5.41) is 5.90. The van der Waals surface area contributed by atoms with Crippen molar-refractivity contribution in [3.8, 4) is 0 Å². The summed E-state index contributed by atoms with van der Waals surface area (Å²) in [6.45, 7) is 3.73. The van der Waals surface area contributed by atoms with Gasteiger partial charge in [0.15, 0.2) is 0 Å². The van der Waals surface area contributed by atoms with Gasteiger partial charge in [-0.15, -0.1) is 0 Å². The number of amides is 3. The van der Waals surface area contributed by atoms with Gasteiger partial charge >= 0.3 is 6.03 Å². The molecule has 1 aliphatic carbocycles. The number of carbonyl (C=O) groups is 2. The topological polar surface area (TPSA) is 64.7 Å². The van der Waals surface area contributed by atoms with Crippen molar-refractivity contribution >= 4 is 11.9 Å². The Balaban J connectivity index is 1.32. The van der Waals surface area contributed by atoms with Crippen LogP contribution in [0.5, 0.6) is 0 Å². The van der Waals surface area contributed by atoms with Crippen LogP contribution in [-0.4, -0.2) is 54.5 Å². The highest BCUT2D eigenvalue weighted by atomic mass is 16.2. The summed E-state index contributed by atoms with van der Waals surface area (Å²) >= 11 is 0. The van der Waals surface area contributed by atoms with Gasteiger partial charge < -0.3 is 20.4 Å². The number of carbonyl (C=O) groups excluding carboxylic acids is 2. The molecule has 6 heteroatoms. The molecule has 2 fully saturated rings. The lowest BCUT2D eigenvalue weighted by Crippen LogP contribution is -2.38. The van der Waals surface area contributed by atoms with Gasteiger partial charge in [0.2, 0.25) is 5.91 Å². The van der Waals surface area contributed by atoms with E-state index in [1.807, 2.05) is 23.1 Å². The van der Waals surface area contributed by atoms with E-state index in [1.54, 1.807) is 0 Å². The molecule has 2 aliphatic rings. The van der Waals surface area contributed by atoms with Crippen molar-refractivity contribution in [3.63, 3.8) is 0 Å². The second kappa shape index (κ2) is 11.2. The number of nitrogens with zero attached hydrogens (tertiary/aromatic N) is 2. The highest BCUT2D eigenvalue weighted by Gasteiger charge is 2.20. The number of benzene rings is 1. The molecule has 160 valence electrons. The minimum absolute atomic E-state index is 0.120. The molecule has 2 N–H and O–H groups in total. The van der Waals surface area contributed by atoms with Crippen LogP contribution in [0.1, 0.15) is 62.5 Å². The predicted octanol–water partition coefficient (Wildman–Crippen LogP) is 3.26. The summed E-state index contributed by atoms with van der Waals surface area (Å²) in [5.41, 5.74) is 2.17. The molecule has 29 heavy (non-hydrogen) atoms. The van der Waals surface area contributed by atoms with Gasteiger partial charge in [0.25, 0.3) is 0 Å². The van der Waals surface area contributed by atoms with E-state index in [1.165, 1.54) is 32.1 Å². The maximum absolute atomic E-state index is 12.1. The van der Waals surface area contributed by atoms with E-state index in [4.69, 9.17) is 0 Å². The number of urea groups is 1. The molecule has 0 bridgehead atoms. The van der Waals surface area contributed by atoms with Gasteiger partial charge in [0, 0.05) is 38.6 Å². The molecule has 0 aromatic heterocycles. The average Bonchev–Trinajstić information content (AvgIpc) is 3.15. The maximum atomic E-state index is 12.1. The molecule has 0 unspecified atom stereocenters. The zero-order valence-corrected chi connectivity index (χ0v) is 17.8. The minimum atomic E-state index is -0.120. The number of likely N-dealkylation sites (tertiary alicyclic amines) is 1. The Morgan fingerprint density at radius 3 is 2.69 bits per heavy atom. The third-order valence-corrected chi connectivity index (χ3v) is 6.16. The fourth-order valence-corrected chi connectivity index (χ4v) is 4.41. The van der Waals surface area contributed by atoms with Crippen molar-refractivity contribution in [1.82, 2.24) is 20.4 Å². The van der Waals surface area contributed by atoms with Crippen molar-refractivity contribution in [2.75, 3.05) is 26.7 Å². The Bertz CT molecular complexity index is 673. The van der Waals surface area contributed by atoms with Crippen LogP contribution in [-0.2, 0) is 17.9 Å². The van der Waals surface area contributed by atoms with Crippen LogP contribution in [0.25, 0.3) is 0 Å². The smallest absolute Gasteiger partial charge is 0.315 e. The first-order valence-electron chi connectivity index (χ1n) is 11.2. The van der Waals surface area contributed by atoms with Gasteiger partial charge in [-0.25, -0.2) is 4.79 Å². The molecule has 1 aromatic rings. The van der Waals surface area contributed by atoms with Crippen LogP contribution in [0.4, 0.5) is 4.79 Å². The number of hydrogen-bond donors (Lipinski definition) is 2. The van der Waals surface area contributed by atoms with E-state index in [2.05, 4.69) is 28.6 Å². The molecule has 1 heterocycles. The van der Waals surface area contributed by atoms with E-state index < -0.39 is 0 Å². The maximum Gasteiger partial charge on any atom is 0.315 e. The van der Waals surface area contributed by atoms with Crippen LogP contribution in [0, 0.1) is 0 Å². The lowest BCUT2D eigenvalue weighted by atomic mass is 9.94. The van der Waals surface area contributed by atoms with Crippen molar-refractivity contribution in [3.05, 3.63) is 35.4 Å². The number of nitrogens with one attached hydrogen (secondary N) is 2. The van der Waals surface area contributed by atoms with Crippen molar-refractivity contribution in [1.29, 1.82) is 0 Å². The van der Waals surface area contributed by atoms with E-state index in [0.717, 1.165) is 43.1 Å². The Morgan fingerprint density at radius 2 is 1.93 bits per heavy atom. The Morgan fingerprint density at radius 1 is 1.14 bits per heavy atom. The molecule has 0 spiro atoms.